The van der Waals surface area contributed by atoms with Crippen LogP contribution in [0.15, 0.2) is 83.8 Å². The van der Waals surface area contributed by atoms with Gasteiger partial charge in [0.15, 0.2) is 5.65 Å². The van der Waals surface area contributed by atoms with Crippen molar-refractivity contribution >= 4 is 28.8 Å². The number of nitrogens with zero attached hydrogens (tertiary/aromatic N) is 2. The topological polar surface area (TPSA) is 70.4 Å². The molecule has 5 aromatic rings. The molecule has 0 radical (unpaired) electrons. The zero-order chi connectivity index (χ0) is 22.2. The quantitative estimate of drug-likeness (QED) is 0.346. The molecule has 5 nitrogen and oxygen atoms in total. The second-order valence-electron chi connectivity index (χ2n) is 7.43. The summed E-state index contributed by atoms with van der Waals surface area (Å²) in [5, 5.41) is 14.6. The Bertz CT molecular complexity index is 1490. The molecule has 0 saturated carbocycles. The zero-order valence-corrected chi connectivity index (χ0v) is 18.2. The summed E-state index contributed by atoms with van der Waals surface area (Å²) >= 11 is 12.0. The number of nitrogens with one attached hydrogen (secondary N) is 1. The van der Waals surface area contributed by atoms with E-state index in [1.807, 2.05) is 54.6 Å². The monoisotopic (exact) mass is 461 g/mol. The lowest BCUT2D eigenvalue weighted by atomic mass is 10.0. The number of hydrogen-bond donors (Lipinski definition) is 2. The van der Waals surface area contributed by atoms with E-state index in [1.54, 1.807) is 12.1 Å². The van der Waals surface area contributed by atoms with Gasteiger partial charge >= 0.3 is 0 Å². The molecule has 0 aliphatic heterocycles. The highest BCUT2D eigenvalue weighted by Crippen LogP contribution is 2.32. The Morgan fingerprint density at radius 1 is 0.906 bits per heavy atom. The first-order chi connectivity index (χ1) is 15.5. The van der Waals surface area contributed by atoms with E-state index in [9.17, 15) is 9.90 Å². The molecule has 0 unspecified atom stereocenters. The van der Waals surface area contributed by atoms with Crippen LogP contribution in [0.1, 0.15) is 11.3 Å². The largest absolute Gasteiger partial charge is 0.507 e. The van der Waals surface area contributed by atoms with Crippen molar-refractivity contribution in [2.75, 3.05) is 0 Å². The summed E-state index contributed by atoms with van der Waals surface area (Å²) in [5.41, 5.74) is 4.49. The van der Waals surface area contributed by atoms with Gasteiger partial charge in [-0.3, -0.25) is 9.89 Å². The predicted molar refractivity (Wildman–Crippen MR) is 128 cm³/mol. The third-order valence-corrected chi connectivity index (χ3v) is 5.83. The van der Waals surface area contributed by atoms with E-state index in [0.717, 1.165) is 22.4 Å². The molecule has 2 heterocycles. The van der Waals surface area contributed by atoms with Crippen molar-refractivity contribution in [3.05, 3.63) is 111 Å². The molecule has 3 aromatic carbocycles. The van der Waals surface area contributed by atoms with Crippen LogP contribution in [0.2, 0.25) is 10.0 Å². The number of aromatic hydroxyl groups is 1. The minimum Gasteiger partial charge on any atom is -0.507 e. The summed E-state index contributed by atoms with van der Waals surface area (Å²) in [7, 11) is 0. The lowest BCUT2D eigenvalue weighted by molar-refractivity contribution is 0.477. The lowest BCUT2D eigenvalue weighted by Gasteiger charge is -2.06. The van der Waals surface area contributed by atoms with E-state index in [1.165, 1.54) is 16.8 Å². The second kappa shape index (κ2) is 8.19. The van der Waals surface area contributed by atoms with Crippen molar-refractivity contribution in [1.82, 2.24) is 14.6 Å². The number of hydrogen-bond acceptors (Lipinski definition) is 3. The Balaban J connectivity index is 1.74. The number of rotatable bonds is 4. The number of aromatic nitrogens is 3. The van der Waals surface area contributed by atoms with Gasteiger partial charge in [-0.2, -0.15) is 0 Å². The van der Waals surface area contributed by atoms with E-state index in [0.29, 0.717) is 27.7 Å². The molecule has 0 bridgehead atoms. The Hall–Kier alpha value is -3.54. The fraction of sp³-hybridized carbons (Fsp3) is 0.0400. The summed E-state index contributed by atoms with van der Waals surface area (Å²) < 4.78 is 1.42. The maximum absolute atomic E-state index is 13.4. The first-order valence-corrected chi connectivity index (χ1v) is 10.7. The zero-order valence-electron chi connectivity index (χ0n) is 16.7. The first kappa shape index (κ1) is 20.4. The number of phenols is 1. The van der Waals surface area contributed by atoms with Crippen LogP contribution in [-0.2, 0) is 6.42 Å². The molecule has 2 N–H and O–H groups in total. The van der Waals surface area contributed by atoms with Crippen LogP contribution in [0.25, 0.3) is 27.9 Å². The van der Waals surface area contributed by atoms with Gasteiger partial charge in [-0.1, -0.05) is 65.7 Å². The molecule has 0 aliphatic rings. The van der Waals surface area contributed by atoms with Gasteiger partial charge in [-0.15, -0.1) is 0 Å². The van der Waals surface area contributed by atoms with Crippen molar-refractivity contribution in [3.63, 3.8) is 0 Å². The number of halogens is 2. The SMILES string of the molecule is O=c1c(-c2ccc(Cl)cc2O)cnc2c(-c3ccc(Cl)cc3)c(Cc3ccccc3)[nH]n12. The average molecular weight is 462 g/mol. The molecule has 0 amide bonds. The van der Waals surface area contributed by atoms with E-state index >= 15 is 0 Å². The highest BCUT2D eigenvalue weighted by atomic mass is 35.5. The molecule has 0 fully saturated rings. The Kier molecular flexibility index (Phi) is 5.21. The Morgan fingerprint density at radius 2 is 1.62 bits per heavy atom. The lowest BCUT2D eigenvalue weighted by Crippen LogP contribution is -2.17. The molecule has 7 heteroatoms. The summed E-state index contributed by atoms with van der Waals surface area (Å²) in [4.78, 5) is 18.0. The van der Waals surface area contributed by atoms with Gasteiger partial charge in [-0.25, -0.2) is 9.50 Å². The normalized spacial score (nSPS) is 11.2. The van der Waals surface area contributed by atoms with Gasteiger partial charge in [0.1, 0.15) is 5.75 Å². The molecule has 2 aromatic heterocycles. The summed E-state index contributed by atoms with van der Waals surface area (Å²) in [6, 6.07) is 22.1. The maximum atomic E-state index is 13.4. The van der Waals surface area contributed by atoms with E-state index in [2.05, 4.69) is 10.1 Å². The van der Waals surface area contributed by atoms with Gasteiger partial charge in [0.2, 0.25) is 0 Å². The standard InChI is InChI=1S/C25H17Cl2N3O2/c26-17-8-6-16(7-9-17)23-21(12-15-4-2-1-3-5-15)29-30-24(23)28-14-20(25(30)32)19-11-10-18(27)13-22(19)31/h1-11,13-14,29,31H,12H2. The third kappa shape index (κ3) is 3.66. The van der Waals surface area contributed by atoms with Crippen LogP contribution in [0.5, 0.6) is 5.75 Å². The summed E-state index contributed by atoms with van der Waals surface area (Å²) in [5.74, 6) is -0.0784. The highest BCUT2D eigenvalue weighted by Gasteiger charge is 2.19. The molecule has 0 aliphatic carbocycles. The van der Waals surface area contributed by atoms with Crippen molar-refractivity contribution < 1.29 is 5.11 Å². The molecule has 0 saturated heterocycles. The first-order valence-electron chi connectivity index (χ1n) is 9.92. The van der Waals surface area contributed by atoms with Crippen LogP contribution in [0.4, 0.5) is 0 Å². The molecule has 158 valence electrons. The van der Waals surface area contributed by atoms with Gasteiger partial charge < -0.3 is 5.11 Å². The fourth-order valence-electron chi connectivity index (χ4n) is 3.83. The minimum absolute atomic E-state index is 0.0784. The number of H-pyrrole nitrogens is 1. The predicted octanol–water partition coefficient (Wildman–Crippen LogP) is 5.96. The summed E-state index contributed by atoms with van der Waals surface area (Å²) in [6.07, 6.45) is 2.07. The van der Waals surface area contributed by atoms with Crippen molar-refractivity contribution in [2.45, 2.75) is 6.42 Å². The number of fused-ring (bicyclic) bond motifs is 1. The minimum atomic E-state index is -0.317. The molecular formula is C25H17Cl2N3O2. The number of phenolic OH excluding ortho intramolecular Hbond substituents is 1. The number of benzene rings is 3. The second-order valence-corrected chi connectivity index (χ2v) is 8.31. The van der Waals surface area contributed by atoms with E-state index < -0.39 is 0 Å². The van der Waals surface area contributed by atoms with Crippen LogP contribution >= 0.6 is 23.2 Å². The van der Waals surface area contributed by atoms with Crippen LogP contribution in [0, 0.1) is 0 Å². The Labute approximate surface area is 193 Å². The third-order valence-electron chi connectivity index (χ3n) is 5.34. The van der Waals surface area contributed by atoms with Crippen molar-refractivity contribution in [1.29, 1.82) is 0 Å². The van der Waals surface area contributed by atoms with Gasteiger partial charge in [0.05, 0.1) is 5.56 Å². The maximum Gasteiger partial charge on any atom is 0.280 e. The van der Waals surface area contributed by atoms with Crippen molar-refractivity contribution in [3.8, 4) is 28.0 Å². The van der Waals surface area contributed by atoms with Gasteiger partial charge in [0.25, 0.3) is 5.56 Å². The van der Waals surface area contributed by atoms with Gasteiger partial charge in [0, 0.05) is 39.5 Å². The van der Waals surface area contributed by atoms with Crippen LogP contribution in [0.3, 0.4) is 0 Å². The van der Waals surface area contributed by atoms with Crippen LogP contribution < -0.4 is 5.56 Å². The van der Waals surface area contributed by atoms with E-state index in [-0.39, 0.29) is 16.9 Å². The van der Waals surface area contributed by atoms with Crippen molar-refractivity contribution in [2.24, 2.45) is 0 Å². The average Bonchev–Trinajstić information content (AvgIpc) is 3.15. The van der Waals surface area contributed by atoms with Gasteiger partial charge in [-0.05, 0) is 41.5 Å². The number of aromatic amines is 1. The molecule has 5 rings (SSSR count). The summed E-state index contributed by atoms with van der Waals surface area (Å²) in [6.45, 7) is 0. The Morgan fingerprint density at radius 3 is 2.34 bits per heavy atom. The highest BCUT2D eigenvalue weighted by molar-refractivity contribution is 6.31. The molecule has 0 atom stereocenters. The molecular weight excluding hydrogens is 445 g/mol. The van der Waals surface area contributed by atoms with Crippen LogP contribution in [-0.4, -0.2) is 19.7 Å². The smallest absolute Gasteiger partial charge is 0.280 e. The molecule has 0 spiro atoms. The molecule has 32 heavy (non-hydrogen) atoms. The van der Waals surface area contributed by atoms with E-state index in [4.69, 9.17) is 23.2 Å². The fourth-order valence-corrected chi connectivity index (χ4v) is 4.12.